The van der Waals surface area contributed by atoms with Crippen molar-refractivity contribution in [3.63, 3.8) is 0 Å². The Morgan fingerprint density at radius 1 is 1.19 bits per heavy atom. The minimum Gasteiger partial charge on any atom is -0.493 e. The number of aromatic nitrogens is 3. The summed E-state index contributed by atoms with van der Waals surface area (Å²) in [5, 5.41) is 2.86. The number of ether oxygens (including phenoxy) is 1. The van der Waals surface area contributed by atoms with Crippen molar-refractivity contribution < 1.29 is 9.53 Å². The van der Waals surface area contributed by atoms with Crippen molar-refractivity contribution in [3.05, 3.63) is 53.9 Å². The number of H-pyrrole nitrogens is 1. The number of hydrogen-bond acceptors (Lipinski definition) is 4. The van der Waals surface area contributed by atoms with Gasteiger partial charge in [-0.1, -0.05) is 19.1 Å². The van der Waals surface area contributed by atoms with E-state index in [1.54, 1.807) is 6.20 Å². The van der Waals surface area contributed by atoms with Gasteiger partial charge in [-0.3, -0.25) is 4.79 Å². The second kappa shape index (κ2) is 7.00. The van der Waals surface area contributed by atoms with Crippen LogP contribution in [0.4, 0.5) is 0 Å². The zero-order valence-corrected chi connectivity index (χ0v) is 14.6. The van der Waals surface area contributed by atoms with Crippen molar-refractivity contribution in [2.45, 2.75) is 19.8 Å². The molecule has 0 saturated heterocycles. The van der Waals surface area contributed by atoms with E-state index in [4.69, 9.17) is 9.72 Å². The molecule has 6 heteroatoms. The van der Waals surface area contributed by atoms with Crippen molar-refractivity contribution in [2.75, 3.05) is 13.2 Å². The van der Waals surface area contributed by atoms with Crippen molar-refractivity contribution in [1.29, 1.82) is 0 Å². The number of nitrogens with one attached hydrogen (secondary N) is 2. The van der Waals surface area contributed by atoms with Crippen LogP contribution in [0.5, 0.6) is 5.75 Å². The average molecular weight is 348 g/mol. The third-order valence-electron chi connectivity index (χ3n) is 4.33. The summed E-state index contributed by atoms with van der Waals surface area (Å²) in [4.78, 5) is 24.4. The van der Waals surface area contributed by atoms with Crippen LogP contribution in [0.3, 0.4) is 0 Å². The topological polar surface area (TPSA) is 79.9 Å². The molecule has 2 N–H and O–H groups in total. The highest BCUT2D eigenvalue weighted by Gasteiger charge is 2.20. The monoisotopic (exact) mass is 348 g/mol. The number of fused-ring (bicyclic) bond motifs is 1. The van der Waals surface area contributed by atoms with Crippen molar-refractivity contribution >= 4 is 5.91 Å². The smallest absolute Gasteiger partial charge is 0.253 e. The Morgan fingerprint density at radius 2 is 2.08 bits per heavy atom. The summed E-state index contributed by atoms with van der Waals surface area (Å²) in [6.07, 6.45) is 3.46. The fraction of sp³-hybridized carbons (Fsp3) is 0.250. The fourth-order valence-corrected chi connectivity index (χ4v) is 3.06. The van der Waals surface area contributed by atoms with Gasteiger partial charge in [-0.2, -0.15) is 0 Å². The largest absolute Gasteiger partial charge is 0.493 e. The molecular formula is C20H20N4O2. The van der Waals surface area contributed by atoms with Gasteiger partial charge in [0, 0.05) is 24.9 Å². The first-order chi connectivity index (χ1) is 12.8. The first-order valence-corrected chi connectivity index (χ1v) is 8.82. The zero-order valence-electron chi connectivity index (χ0n) is 14.6. The Hall–Kier alpha value is -3.15. The molecule has 132 valence electrons. The molecule has 26 heavy (non-hydrogen) atoms. The van der Waals surface area contributed by atoms with E-state index in [0.717, 1.165) is 41.2 Å². The maximum absolute atomic E-state index is 12.0. The summed E-state index contributed by atoms with van der Waals surface area (Å²) in [5.74, 6) is 1.34. The summed E-state index contributed by atoms with van der Waals surface area (Å²) >= 11 is 0. The van der Waals surface area contributed by atoms with E-state index in [9.17, 15) is 4.79 Å². The molecule has 1 amide bonds. The third-order valence-corrected chi connectivity index (χ3v) is 4.33. The van der Waals surface area contributed by atoms with E-state index in [1.807, 2.05) is 36.4 Å². The molecule has 1 aliphatic heterocycles. The molecule has 0 unspecified atom stereocenters. The molecule has 0 radical (unpaired) electrons. The summed E-state index contributed by atoms with van der Waals surface area (Å²) < 4.78 is 5.83. The van der Waals surface area contributed by atoms with Gasteiger partial charge < -0.3 is 15.0 Å². The average Bonchev–Trinajstić information content (AvgIpc) is 3.13. The highest BCUT2D eigenvalue weighted by atomic mass is 16.5. The van der Waals surface area contributed by atoms with Gasteiger partial charge in [0.15, 0.2) is 5.82 Å². The summed E-state index contributed by atoms with van der Waals surface area (Å²) in [7, 11) is 0. The Morgan fingerprint density at radius 3 is 2.92 bits per heavy atom. The van der Waals surface area contributed by atoms with Gasteiger partial charge in [-0.15, -0.1) is 0 Å². The molecule has 0 bridgehead atoms. The number of aromatic amines is 1. The molecule has 3 heterocycles. The molecule has 2 aromatic heterocycles. The molecule has 0 fully saturated rings. The Balaban J connectivity index is 1.71. The van der Waals surface area contributed by atoms with Gasteiger partial charge in [-0.25, -0.2) is 9.97 Å². The highest BCUT2D eigenvalue weighted by Crippen LogP contribution is 2.29. The number of nitrogens with zero attached hydrogens (tertiary/aromatic N) is 2. The van der Waals surface area contributed by atoms with Crippen LogP contribution in [0.15, 0.2) is 42.6 Å². The second-order valence-electron chi connectivity index (χ2n) is 6.19. The number of para-hydroxylation sites is 1. The van der Waals surface area contributed by atoms with Crippen molar-refractivity contribution in [3.8, 4) is 28.5 Å². The van der Waals surface area contributed by atoms with E-state index in [-0.39, 0.29) is 5.91 Å². The van der Waals surface area contributed by atoms with Gasteiger partial charge >= 0.3 is 0 Å². The number of carbonyl (C=O) groups excluding carboxylic acids is 1. The molecule has 0 spiro atoms. The normalized spacial score (nSPS) is 13.2. The molecular weight excluding hydrogens is 328 g/mol. The van der Waals surface area contributed by atoms with Crippen LogP contribution in [0.2, 0.25) is 0 Å². The molecule has 6 nitrogen and oxygen atoms in total. The number of hydrogen-bond donors (Lipinski definition) is 2. The summed E-state index contributed by atoms with van der Waals surface area (Å²) in [6.45, 7) is 3.38. The fourth-order valence-electron chi connectivity index (χ4n) is 3.06. The van der Waals surface area contributed by atoms with Gasteiger partial charge in [0.05, 0.1) is 29.1 Å². The van der Waals surface area contributed by atoms with Crippen LogP contribution in [-0.4, -0.2) is 34.0 Å². The van der Waals surface area contributed by atoms with Crippen LogP contribution in [0.25, 0.3) is 22.8 Å². The molecule has 4 rings (SSSR count). The molecule has 0 atom stereocenters. The predicted molar refractivity (Wildman–Crippen MR) is 99.1 cm³/mol. The van der Waals surface area contributed by atoms with Crippen LogP contribution >= 0.6 is 0 Å². The lowest BCUT2D eigenvalue weighted by Gasteiger charge is -2.11. The van der Waals surface area contributed by atoms with Gasteiger partial charge in [-0.05, 0) is 30.7 Å². The molecule has 1 aromatic carbocycles. The van der Waals surface area contributed by atoms with E-state index in [0.29, 0.717) is 24.5 Å². The molecule has 1 aliphatic rings. The predicted octanol–water partition coefficient (Wildman–Crippen LogP) is 3.21. The van der Waals surface area contributed by atoms with Gasteiger partial charge in [0.1, 0.15) is 5.75 Å². The number of rotatable bonds is 5. The zero-order chi connectivity index (χ0) is 17.9. The summed E-state index contributed by atoms with van der Waals surface area (Å²) in [6, 6.07) is 11.5. The first-order valence-electron chi connectivity index (χ1n) is 8.82. The van der Waals surface area contributed by atoms with Crippen LogP contribution in [0.1, 0.15) is 29.4 Å². The van der Waals surface area contributed by atoms with E-state index in [2.05, 4.69) is 22.2 Å². The van der Waals surface area contributed by atoms with E-state index >= 15 is 0 Å². The Labute approximate surface area is 151 Å². The first kappa shape index (κ1) is 16.3. The maximum Gasteiger partial charge on any atom is 0.253 e. The molecule has 0 aliphatic carbocycles. The lowest BCUT2D eigenvalue weighted by atomic mass is 10.1. The Bertz CT molecular complexity index is 948. The SMILES string of the molecule is CCCOc1ccccc1-c1nccc(-c2cc3c([nH]2)CCNC3=O)n1. The van der Waals surface area contributed by atoms with E-state index < -0.39 is 0 Å². The minimum atomic E-state index is -0.0404. The van der Waals surface area contributed by atoms with Crippen LogP contribution < -0.4 is 10.1 Å². The standard InChI is InChI=1S/C20H20N4O2/c1-2-11-26-18-6-4-3-5-13(18)19-21-9-8-16(24-19)17-12-14-15(23-17)7-10-22-20(14)25/h3-6,8-9,12,23H,2,7,10-11H2,1H3,(H,22,25). The number of carbonyl (C=O) groups is 1. The van der Waals surface area contributed by atoms with Crippen LogP contribution in [-0.2, 0) is 6.42 Å². The van der Waals surface area contributed by atoms with Crippen LogP contribution in [0, 0.1) is 0 Å². The van der Waals surface area contributed by atoms with Gasteiger partial charge in [0.25, 0.3) is 5.91 Å². The van der Waals surface area contributed by atoms with E-state index in [1.165, 1.54) is 0 Å². The minimum absolute atomic E-state index is 0.0404. The molecule has 3 aromatic rings. The van der Waals surface area contributed by atoms with Crippen molar-refractivity contribution in [1.82, 2.24) is 20.3 Å². The summed E-state index contributed by atoms with van der Waals surface area (Å²) in [5.41, 5.74) is 4.08. The quantitative estimate of drug-likeness (QED) is 0.742. The van der Waals surface area contributed by atoms with Gasteiger partial charge in [0.2, 0.25) is 0 Å². The Kier molecular flexibility index (Phi) is 4.39. The highest BCUT2D eigenvalue weighted by molar-refractivity contribution is 5.97. The lowest BCUT2D eigenvalue weighted by molar-refractivity contribution is 0.0946. The van der Waals surface area contributed by atoms with Crippen molar-refractivity contribution in [2.24, 2.45) is 0 Å². The maximum atomic E-state index is 12.0. The lowest BCUT2D eigenvalue weighted by Crippen LogP contribution is -2.31. The number of amides is 1. The second-order valence-corrected chi connectivity index (χ2v) is 6.19. The third kappa shape index (κ3) is 3.06. The molecule has 0 saturated carbocycles. The number of benzene rings is 1.